The summed E-state index contributed by atoms with van der Waals surface area (Å²) in [6.45, 7) is 0.322. The number of hydrogen-bond donors (Lipinski definition) is 3. The number of carbonyl (C=O) groups is 2. The monoisotopic (exact) mass is 425 g/mol. The lowest BCUT2D eigenvalue weighted by Gasteiger charge is -2.27. The first-order chi connectivity index (χ1) is 15.6. The third-order valence-corrected chi connectivity index (χ3v) is 6.04. The maximum absolute atomic E-state index is 13.3. The molecule has 3 unspecified atom stereocenters. The van der Waals surface area contributed by atoms with E-state index in [1.807, 2.05) is 91.1 Å². The molecule has 3 aromatic carbocycles. The van der Waals surface area contributed by atoms with E-state index in [2.05, 4.69) is 10.3 Å². The van der Waals surface area contributed by atoms with Crippen molar-refractivity contribution in [1.82, 2.24) is 10.3 Å². The minimum absolute atomic E-state index is 0.322. The molecule has 2 amide bonds. The molecule has 2 heterocycles. The van der Waals surface area contributed by atoms with Crippen molar-refractivity contribution in [1.29, 1.82) is 0 Å². The van der Waals surface area contributed by atoms with E-state index in [4.69, 9.17) is 0 Å². The molecule has 0 saturated carbocycles. The number of para-hydroxylation sites is 2. The normalized spacial score (nSPS) is 20.6. The molecule has 6 nitrogen and oxygen atoms in total. The van der Waals surface area contributed by atoms with Crippen molar-refractivity contribution >= 4 is 28.4 Å². The lowest BCUT2D eigenvalue weighted by atomic mass is 9.90. The van der Waals surface area contributed by atoms with Crippen LogP contribution >= 0.6 is 0 Å². The molecular formula is C26H23N3O3. The van der Waals surface area contributed by atoms with Crippen molar-refractivity contribution in [2.45, 2.75) is 18.7 Å². The Labute approximate surface area is 185 Å². The molecule has 160 valence electrons. The highest BCUT2D eigenvalue weighted by Crippen LogP contribution is 2.43. The number of nitrogens with zero attached hydrogens (tertiary/aromatic N) is 1. The second-order valence-electron chi connectivity index (χ2n) is 7.95. The predicted octanol–water partition coefficient (Wildman–Crippen LogP) is 3.55. The molecule has 4 aromatic rings. The second-order valence-corrected chi connectivity index (χ2v) is 7.95. The highest BCUT2D eigenvalue weighted by Gasteiger charge is 2.52. The van der Waals surface area contributed by atoms with Gasteiger partial charge in [0.15, 0.2) is 0 Å². The van der Waals surface area contributed by atoms with Gasteiger partial charge >= 0.3 is 0 Å². The van der Waals surface area contributed by atoms with Gasteiger partial charge in [-0.15, -0.1) is 0 Å². The Balaban J connectivity index is 1.56. The summed E-state index contributed by atoms with van der Waals surface area (Å²) >= 11 is 0. The van der Waals surface area contributed by atoms with Crippen molar-refractivity contribution in [2.75, 3.05) is 4.90 Å². The molecule has 1 fully saturated rings. The summed E-state index contributed by atoms with van der Waals surface area (Å²) in [5, 5.41) is 14.8. The number of anilines is 1. The van der Waals surface area contributed by atoms with Crippen molar-refractivity contribution in [2.24, 2.45) is 5.92 Å². The van der Waals surface area contributed by atoms with Crippen molar-refractivity contribution in [3.63, 3.8) is 0 Å². The summed E-state index contributed by atoms with van der Waals surface area (Å²) in [6.07, 6.45) is 0.387. The van der Waals surface area contributed by atoms with Crippen LogP contribution in [0.25, 0.3) is 10.9 Å². The first-order valence-electron chi connectivity index (χ1n) is 10.6. The zero-order valence-electron chi connectivity index (χ0n) is 17.3. The van der Waals surface area contributed by atoms with E-state index in [-0.39, 0.29) is 5.91 Å². The van der Waals surface area contributed by atoms with Gasteiger partial charge in [-0.1, -0.05) is 66.7 Å². The molecule has 1 aromatic heterocycles. The summed E-state index contributed by atoms with van der Waals surface area (Å²) in [6, 6.07) is 25.8. The first kappa shape index (κ1) is 20.0. The van der Waals surface area contributed by atoms with Gasteiger partial charge in [0.1, 0.15) is 6.10 Å². The fourth-order valence-corrected chi connectivity index (χ4v) is 4.50. The number of carbonyl (C=O) groups excluding carboxylic acids is 2. The molecule has 0 aliphatic carbocycles. The van der Waals surface area contributed by atoms with E-state index < -0.39 is 24.0 Å². The maximum atomic E-state index is 13.3. The van der Waals surface area contributed by atoms with Gasteiger partial charge in [-0.25, -0.2) is 0 Å². The molecule has 32 heavy (non-hydrogen) atoms. The van der Waals surface area contributed by atoms with Crippen LogP contribution in [0.5, 0.6) is 0 Å². The Morgan fingerprint density at radius 1 is 0.938 bits per heavy atom. The lowest BCUT2D eigenvalue weighted by molar-refractivity contribution is -0.133. The third-order valence-electron chi connectivity index (χ3n) is 6.04. The van der Waals surface area contributed by atoms with Crippen LogP contribution in [0.4, 0.5) is 5.69 Å². The average molecular weight is 425 g/mol. The topological polar surface area (TPSA) is 85.4 Å². The van der Waals surface area contributed by atoms with Gasteiger partial charge in [-0.3, -0.25) is 9.59 Å². The number of aliphatic hydroxyl groups is 1. The van der Waals surface area contributed by atoms with Crippen LogP contribution in [0.3, 0.4) is 0 Å². The summed E-state index contributed by atoms with van der Waals surface area (Å²) in [5.74, 6) is -1.79. The van der Waals surface area contributed by atoms with Crippen LogP contribution in [0, 0.1) is 5.92 Å². The lowest BCUT2D eigenvalue weighted by Crippen LogP contribution is -2.38. The number of aromatic amines is 1. The average Bonchev–Trinajstić information content (AvgIpc) is 3.37. The standard InChI is InChI=1S/C26H23N3O3/c30-24-22(25(31)28-15-17-9-3-1-4-10-17)23(20-16-27-21-14-8-7-13-19(20)21)29(26(24)32)18-11-5-2-6-12-18/h1-14,16,22-24,27,30H,15H2,(H,28,31). The van der Waals surface area contributed by atoms with Gasteiger partial charge in [0.25, 0.3) is 5.91 Å². The number of amides is 2. The molecule has 0 spiro atoms. The highest BCUT2D eigenvalue weighted by molar-refractivity contribution is 6.05. The van der Waals surface area contributed by atoms with E-state index in [0.29, 0.717) is 12.2 Å². The van der Waals surface area contributed by atoms with Crippen molar-refractivity contribution in [3.05, 3.63) is 102 Å². The van der Waals surface area contributed by atoms with Gasteiger partial charge in [0.2, 0.25) is 5.91 Å². The molecule has 6 heteroatoms. The quantitative estimate of drug-likeness (QED) is 0.457. The van der Waals surface area contributed by atoms with E-state index in [9.17, 15) is 14.7 Å². The van der Waals surface area contributed by atoms with E-state index in [1.54, 1.807) is 4.90 Å². The first-order valence-corrected chi connectivity index (χ1v) is 10.6. The molecule has 1 aliphatic heterocycles. The maximum Gasteiger partial charge on any atom is 0.257 e. The minimum Gasteiger partial charge on any atom is -0.382 e. The highest BCUT2D eigenvalue weighted by atomic mass is 16.3. The van der Waals surface area contributed by atoms with Crippen molar-refractivity contribution < 1.29 is 14.7 Å². The van der Waals surface area contributed by atoms with Crippen LogP contribution in [0.2, 0.25) is 0 Å². The number of benzene rings is 3. The van der Waals surface area contributed by atoms with E-state index in [0.717, 1.165) is 22.0 Å². The molecule has 1 saturated heterocycles. The Hall–Kier alpha value is -3.90. The van der Waals surface area contributed by atoms with Crippen LogP contribution in [0.1, 0.15) is 17.2 Å². The molecule has 5 rings (SSSR count). The summed E-state index contributed by atoms with van der Waals surface area (Å²) in [7, 11) is 0. The summed E-state index contributed by atoms with van der Waals surface area (Å²) < 4.78 is 0. The van der Waals surface area contributed by atoms with Gasteiger partial charge in [0.05, 0.1) is 12.0 Å². The number of H-pyrrole nitrogens is 1. The molecule has 1 aliphatic rings. The summed E-state index contributed by atoms with van der Waals surface area (Å²) in [5.41, 5.74) is 3.30. The second kappa shape index (κ2) is 8.32. The minimum atomic E-state index is -1.44. The van der Waals surface area contributed by atoms with Gasteiger partial charge in [-0.2, -0.15) is 0 Å². The Kier molecular flexibility index (Phi) is 5.21. The predicted molar refractivity (Wildman–Crippen MR) is 123 cm³/mol. The van der Waals surface area contributed by atoms with Crippen LogP contribution in [-0.4, -0.2) is 28.0 Å². The fourth-order valence-electron chi connectivity index (χ4n) is 4.50. The van der Waals surface area contributed by atoms with E-state index in [1.165, 1.54) is 0 Å². The van der Waals surface area contributed by atoms with Gasteiger partial charge in [0, 0.05) is 34.9 Å². The molecular weight excluding hydrogens is 402 g/mol. The molecule has 0 bridgehead atoms. The number of hydrogen-bond acceptors (Lipinski definition) is 3. The van der Waals surface area contributed by atoms with Crippen molar-refractivity contribution in [3.8, 4) is 0 Å². The van der Waals surface area contributed by atoms with Gasteiger partial charge < -0.3 is 20.3 Å². The zero-order chi connectivity index (χ0) is 22.1. The molecule has 3 atom stereocenters. The summed E-state index contributed by atoms with van der Waals surface area (Å²) in [4.78, 5) is 31.3. The number of aliphatic hydroxyl groups excluding tert-OH is 1. The number of rotatable bonds is 5. The number of aromatic nitrogens is 1. The Bertz CT molecular complexity index is 1250. The molecule has 3 N–H and O–H groups in total. The van der Waals surface area contributed by atoms with E-state index >= 15 is 0 Å². The fraction of sp³-hybridized carbons (Fsp3) is 0.154. The Morgan fingerprint density at radius 3 is 2.34 bits per heavy atom. The van der Waals surface area contributed by atoms with Gasteiger partial charge in [-0.05, 0) is 23.8 Å². The largest absolute Gasteiger partial charge is 0.382 e. The van der Waals surface area contributed by atoms with Crippen LogP contribution in [-0.2, 0) is 16.1 Å². The Morgan fingerprint density at radius 2 is 1.59 bits per heavy atom. The van der Waals surface area contributed by atoms with Crippen LogP contribution < -0.4 is 10.2 Å². The van der Waals surface area contributed by atoms with Crippen LogP contribution in [0.15, 0.2) is 91.1 Å². The number of fused-ring (bicyclic) bond motifs is 1. The SMILES string of the molecule is O=C(NCc1ccccc1)C1C(O)C(=O)N(c2ccccc2)C1c1c[nH]c2ccccc12. The molecule has 0 radical (unpaired) electrons. The smallest absolute Gasteiger partial charge is 0.257 e. The number of nitrogens with one attached hydrogen (secondary N) is 2. The third kappa shape index (κ3) is 3.44. The zero-order valence-corrected chi connectivity index (χ0v) is 17.3.